The minimum atomic E-state index is -0.822. The second-order valence-corrected chi connectivity index (χ2v) is 8.83. The molecule has 0 aliphatic carbocycles. The van der Waals surface area contributed by atoms with E-state index >= 15 is 0 Å². The number of hydrogen-bond acceptors (Lipinski definition) is 8. The van der Waals surface area contributed by atoms with Gasteiger partial charge in [0.15, 0.2) is 10.7 Å². The first-order chi connectivity index (χ1) is 16.0. The molecule has 1 saturated heterocycles. The molecule has 172 valence electrons. The van der Waals surface area contributed by atoms with Gasteiger partial charge >= 0.3 is 11.9 Å². The van der Waals surface area contributed by atoms with E-state index in [1.165, 1.54) is 41.4 Å². The highest BCUT2D eigenvalue weighted by atomic mass is 32.2. The Morgan fingerprint density at radius 3 is 2.21 bits per heavy atom. The molecule has 8 nitrogen and oxygen atoms in total. The molecule has 0 unspecified atom stereocenters. The van der Waals surface area contributed by atoms with E-state index in [1.54, 1.807) is 14.0 Å². The van der Waals surface area contributed by atoms with Gasteiger partial charge in [0.05, 0.1) is 0 Å². The van der Waals surface area contributed by atoms with Crippen LogP contribution in [-0.4, -0.2) is 40.0 Å². The number of nitrogens with zero attached hydrogens (tertiary/aromatic N) is 4. The first-order valence-electron chi connectivity index (χ1n) is 11.0. The van der Waals surface area contributed by atoms with Crippen molar-refractivity contribution in [3.05, 3.63) is 54.2 Å². The van der Waals surface area contributed by atoms with Crippen molar-refractivity contribution in [3.8, 4) is 11.1 Å². The zero-order valence-corrected chi connectivity index (χ0v) is 19.5. The summed E-state index contributed by atoms with van der Waals surface area (Å²) < 4.78 is 1.29. The minimum absolute atomic E-state index is 0.103. The van der Waals surface area contributed by atoms with E-state index < -0.39 is 11.9 Å². The van der Waals surface area contributed by atoms with E-state index in [0.29, 0.717) is 5.03 Å². The summed E-state index contributed by atoms with van der Waals surface area (Å²) in [5.74, 6) is -1.45. The lowest BCUT2D eigenvalue weighted by Crippen LogP contribution is -2.29. The van der Waals surface area contributed by atoms with Gasteiger partial charge in [0, 0.05) is 37.1 Å². The fraction of sp³-hybridized carbons (Fsp3) is 0.333. The predicted molar refractivity (Wildman–Crippen MR) is 125 cm³/mol. The molecule has 4 rings (SSSR count). The van der Waals surface area contributed by atoms with Crippen LogP contribution in [0.15, 0.2) is 58.5 Å². The average Bonchev–Trinajstić information content (AvgIpc) is 3.23. The SMILES string of the molecule is CCC(=O)OOC(=O)c1c(Sc2ccc(-c3ccc(N4CCCCC4)cc3)cc2)nnn1C. The Kier molecular flexibility index (Phi) is 7.29. The summed E-state index contributed by atoms with van der Waals surface area (Å²) >= 11 is 1.29. The van der Waals surface area contributed by atoms with E-state index in [-0.39, 0.29) is 12.1 Å². The van der Waals surface area contributed by atoms with Crippen LogP contribution in [0.3, 0.4) is 0 Å². The number of hydrogen-bond donors (Lipinski definition) is 0. The highest BCUT2D eigenvalue weighted by Gasteiger charge is 2.23. The molecule has 2 heterocycles. The maximum Gasteiger partial charge on any atom is 0.407 e. The van der Waals surface area contributed by atoms with Gasteiger partial charge in [-0.3, -0.25) is 0 Å². The van der Waals surface area contributed by atoms with Gasteiger partial charge < -0.3 is 4.90 Å². The Balaban J connectivity index is 1.43. The summed E-state index contributed by atoms with van der Waals surface area (Å²) in [4.78, 5) is 36.0. The summed E-state index contributed by atoms with van der Waals surface area (Å²) in [5, 5.41) is 8.31. The molecule has 0 amide bonds. The molecular weight excluding hydrogens is 440 g/mol. The van der Waals surface area contributed by atoms with Gasteiger partial charge in [0.1, 0.15) is 0 Å². The van der Waals surface area contributed by atoms with Crippen LogP contribution in [0.4, 0.5) is 5.69 Å². The Morgan fingerprint density at radius 2 is 1.58 bits per heavy atom. The summed E-state index contributed by atoms with van der Waals surface area (Å²) in [5.41, 5.74) is 3.64. The molecule has 1 aromatic heterocycles. The fourth-order valence-corrected chi connectivity index (χ4v) is 4.54. The van der Waals surface area contributed by atoms with Crippen LogP contribution in [0.2, 0.25) is 0 Å². The molecule has 1 fully saturated rings. The average molecular weight is 467 g/mol. The zero-order valence-electron chi connectivity index (χ0n) is 18.7. The lowest BCUT2D eigenvalue weighted by molar-refractivity contribution is -0.233. The lowest BCUT2D eigenvalue weighted by atomic mass is 10.0. The Hall–Kier alpha value is -3.33. The molecule has 0 radical (unpaired) electrons. The van der Waals surface area contributed by atoms with E-state index in [2.05, 4.69) is 49.3 Å². The summed E-state index contributed by atoms with van der Waals surface area (Å²) in [6.45, 7) is 3.87. The van der Waals surface area contributed by atoms with E-state index in [9.17, 15) is 9.59 Å². The van der Waals surface area contributed by atoms with Crippen molar-refractivity contribution in [2.24, 2.45) is 7.05 Å². The van der Waals surface area contributed by atoms with Crippen molar-refractivity contribution in [1.29, 1.82) is 0 Å². The topological polar surface area (TPSA) is 86.6 Å². The number of anilines is 1. The summed E-state index contributed by atoms with van der Waals surface area (Å²) in [6, 6.07) is 16.7. The van der Waals surface area contributed by atoms with Crippen LogP contribution in [0, 0.1) is 0 Å². The molecule has 0 bridgehead atoms. The molecule has 0 atom stereocenters. The molecule has 9 heteroatoms. The second kappa shape index (κ2) is 10.5. The predicted octanol–water partition coefficient (Wildman–Crippen LogP) is 4.65. The van der Waals surface area contributed by atoms with Gasteiger partial charge in [-0.25, -0.2) is 24.0 Å². The first kappa shape index (κ1) is 22.8. The maximum atomic E-state index is 12.3. The minimum Gasteiger partial charge on any atom is -0.372 e. The van der Waals surface area contributed by atoms with Crippen LogP contribution in [-0.2, 0) is 21.6 Å². The molecule has 3 aromatic rings. The third kappa shape index (κ3) is 5.54. The van der Waals surface area contributed by atoms with Crippen molar-refractivity contribution in [2.75, 3.05) is 18.0 Å². The maximum absolute atomic E-state index is 12.3. The van der Waals surface area contributed by atoms with Crippen LogP contribution in [0.25, 0.3) is 11.1 Å². The van der Waals surface area contributed by atoms with Crippen LogP contribution >= 0.6 is 11.8 Å². The highest BCUT2D eigenvalue weighted by molar-refractivity contribution is 7.99. The number of aryl methyl sites for hydroxylation is 1. The van der Waals surface area contributed by atoms with Gasteiger partial charge in [-0.15, -0.1) is 5.10 Å². The zero-order chi connectivity index (χ0) is 23.2. The Morgan fingerprint density at radius 1 is 0.939 bits per heavy atom. The molecule has 0 spiro atoms. The summed E-state index contributed by atoms with van der Waals surface area (Å²) in [6.07, 6.45) is 3.94. The van der Waals surface area contributed by atoms with E-state index in [1.807, 2.05) is 24.3 Å². The van der Waals surface area contributed by atoms with Crippen molar-refractivity contribution in [3.63, 3.8) is 0 Å². The van der Waals surface area contributed by atoms with Crippen LogP contribution < -0.4 is 4.90 Å². The summed E-state index contributed by atoms with van der Waals surface area (Å²) in [7, 11) is 1.58. The molecule has 1 aliphatic heterocycles. The molecule has 0 saturated carbocycles. The normalized spacial score (nSPS) is 13.6. The van der Waals surface area contributed by atoms with E-state index in [4.69, 9.17) is 0 Å². The first-order valence-corrected chi connectivity index (χ1v) is 11.8. The van der Waals surface area contributed by atoms with Gasteiger partial charge in [-0.1, -0.05) is 48.2 Å². The molecular formula is C24H26N4O4S. The van der Waals surface area contributed by atoms with E-state index in [0.717, 1.165) is 29.1 Å². The Labute approximate surface area is 196 Å². The van der Waals surface area contributed by atoms with Gasteiger partial charge in [0.25, 0.3) is 0 Å². The number of benzene rings is 2. The smallest absolute Gasteiger partial charge is 0.372 e. The lowest BCUT2D eigenvalue weighted by Gasteiger charge is -2.28. The second-order valence-electron chi connectivity index (χ2n) is 7.77. The third-order valence-corrected chi connectivity index (χ3v) is 6.46. The largest absolute Gasteiger partial charge is 0.407 e. The standard InChI is InChI=1S/C24H26N4O4S/c1-3-21(29)31-32-24(30)22-23(25-26-27(22)2)33-20-13-9-18(10-14-20)17-7-11-19(12-8-17)28-15-5-4-6-16-28/h7-14H,3-6,15-16H2,1-2H3. The van der Waals surface area contributed by atoms with Crippen molar-refractivity contribution in [1.82, 2.24) is 15.0 Å². The monoisotopic (exact) mass is 466 g/mol. The highest BCUT2D eigenvalue weighted by Crippen LogP contribution is 2.31. The third-order valence-electron chi connectivity index (χ3n) is 5.48. The molecule has 0 N–H and O–H groups in total. The quantitative estimate of drug-likeness (QED) is 0.383. The van der Waals surface area contributed by atoms with Gasteiger partial charge in [-0.2, -0.15) is 0 Å². The van der Waals surface area contributed by atoms with Crippen molar-refractivity contribution >= 4 is 29.4 Å². The molecule has 2 aromatic carbocycles. The Bertz CT molecular complexity index is 1110. The number of piperidine rings is 1. The van der Waals surface area contributed by atoms with Crippen molar-refractivity contribution in [2.45, 2.75) is 42.5 Å². The number of carbonyl (C=O) groups excluding carboxylic acids is 2. The van der Waals surface area contributed by atoms with Crippen LogP contribution in [0.1, 0.15) is 43.1 Å². The number of carbonyl (C=O) groups is 2. The van der Waals surface area contributed by atoms with Crippen molar-refractivity contribution < 1.29 is 19.4 Å². The fourth-order valence-electron chi connectivity index (χ4n) is 3.65. The molecule has 1 aliphatic rings. The van der Waals surface area contributed by atoms with Gasteiger partial charge in [0.2, 0.25) is 0 Å². The van der Waals surface area contributed by atoms with Gasteiger partial charge in [-0.05, 0) is 54.7 Å². The number of aromatic nitrogens is 3. The number of rotatable bonds is 6. The molecule has 33 heavy (non-hydrogen) atoms. The van der Waals surface area contributed by atoms with Crippen LogP contribution in [0.5, 0.6) is 0 Å².